The van der Waals surface area contributed by atoms with Crippen LogP contribution in [0.15, 0.2) is 18.2 Å². The number of hydrogen-bond donors (Lipinski definition) is 0. The van der Waals surface area contributed by atoms with Gasteiger partial charge in [0.1, 0.15) is 5.82 Å². The third-order valence-corrected chi connectivity index (χ3v) is 4.16. The lowest BCUT2D eigenvalue weighted by molar-refractivity contribution is 0.277. The number of benzene rings is 1. The van der Waals surface area contributed by atoms with Crippen molar-refractivity contribution in [2.24, 2.45) is 5.92 Å². The minimum absolute atomic E-state index is 0.646. The molecule has 2 nitrogen and oxygen atoms in total. The Labute approximate surface area is 113 Å². The lowest BCUT2D eigenvalue weighted by Crippen LogP contribution is -2.19. The van der Waals surface area contributed by atoms with E-state index in [1.807, 2.05) is 0 Å². The topological polar surface area (TPSA) is 17.8 Å². The first-order valence-electron chi connectivity index (χ1n) is 6.79. The molecule has 1 fully saturated rings. The molecule has 0 unspecified atom stereocenters. The van der Waals surface area contributed by atoms with Gasteiger partial charge >= 0.3 is 0 Å². The summed E-state index contributed by atoms with van der Waals surface area (Å²) in [5.41, 5.74) is 3.66. The van der Waals surface area contributed by atoms with Gasteiger partial charge in [-0.1, -0.05) is 12.5 Å². The third kappa shape index (κ3) is 2.14. The molecule has 0 bridgehead atoms. The van der Waals surface area contributed by atoms with Crippen LogP contribution in [0.5, 0.6) is 0 Å². The minimum Gasteiger partial charge on any atom is -0.328 e. The predicted octanol–water partition coefficient (Wildman–Crippen LogP) is 3.93. The standard InChI is InChI=1S/C15H19ClN2/c1-11-5-6-14-13(9-11)17-15(7-8-16)18(14)10-12-3-2-4-12/h5-6,9,12H,2-4,7-8,10H2,1H3. The summed E-state index contributed by atoms with van der Waals surface area (Å²) in [6.07, 6.45) is 4.99. The number of aromatic nitrogens is 2. The van der Waals surface area contributed by atoms with E-state index in [0.717, 1.165) is 30.2 Å². The Morgan fingerprint density at radius 2 is 2.22 bits per heavy atom. The zero-order valence-corrected chi connectivity index (χ0v) is 11.6. The summed E-state index contributed by atoms with van der Waals surface area (Å²) < 4.78 is 2.39. The van der Waals surface area contributed by atoms with E-state index < -0.39 is 0 Å². The highest BCUT2D eigenvalue weighted by Gasteiger charge is 2.20. The van der Waals surface area contributed by atoms with Crippen LogP contribution < -0.4 is 0 Å². The number of alkyl halides is 1. The molecule has 0 atom stereocenters. The summed E-state index contributed by atoms with van der Waals surface area (Å²) >= 11 is 5.90. The second-order valence-electron chi connectivity index (χ2n) is 5.37. The van der Waals surface area contributed by atoms with Crippen molar-refractivity contribution in [3.05, 3.63) is 29.6 Å². The van der Waals surface area contributed by atoms with Gasteiger partial charge in [0.05, 0.1) is 11.0 Å². The SMILES string of the molecule is Cc1ccc2c(c1)nc(CCCl)n2CC1CCC1. The van der Waals surface area contributed by atoms with E-state index in [-0.39, 0.29) is 0 Å². The fraction of sp³-hybridized carbons (Fsp3) is 0.533. The monoisotopic (exact) mass is 262 g/mol. The van der Waals surface area contributed by atoms with Crippen LogP contribution in [0, 0.1) is 12.8 Å². The zero-order chi connectivity index (χ0) is 12.5. The molecule has 18 heavy (non-hydrogen) atoms. The second kappa shape index (κ2) is 4.93. The van der Waals surface area contributed by atoms with Gasteiger partial charge in [-0.25, -0.2) is 4.98 Å². The Balaban J connectivity index is 2.02. The Kier molecular flexibility index (Phi) is 3.29. The Hall–Kier alpha value is -1.02. The van der Waals surface area contributed by atoms with Gasteiger partial charge in [0.2, 0.25) is 0 Å². The van der Waals surface area contributed by atoms with Crippen molar-refractivity contribution >= 4 is 22.6 Å². The Morgan fingerprint density at radius 1 is 1.39 bits per heavy atom. The number of fused-ring (bicyclic) bond motifs is 1. The second-order valence-corrected chi connectivity index (χ2v) is 5.74. The summed E-state index contributed by atoms with van der Waals surface area (Å²) in [5, 5.41) is 0. The first-order valence-corrected chi connectivity index (χ1v) is 7.33. The van der Waals surface area contributed by atoms with Crippen molar-refractivity contribution < 1.29 is 0 Å². The van der Waals surface area contributed by atoms with Gasteiger partial charge in [-0.2, -0.15) is 0 Å². The molecule has 1 heterocycles. The molecular formula is C15H19ClN2. The molecule has 1 aromatic heterocycles. The highest BCUT2D eigenvalue weighted by atomic mass is 35.5. The summed E-state index contributed by atoms with van der Waals surface area (Å²) in [7, 11) is 0. The molecule has 1 aliphatic carbocycles. The van der Waals surface area contributed by atoms with Crippen molar-refractivity contribution in [3.63, 3.8) is 0 Å². The van der Waals surface area contributed by atoms with Crippen LogP contribution in [0.4, 0.5) is 0 Å². The summed E-state index contributed by atoms with van der Waals surface area (Å²) in [6.45, 7) is 3.23. The molecule has 3 rings (SSSR count). The van der Waals surface area contributed by atoms with Crippen molar-refractivity contribution in [1.82, 2.24) is 9.55 Å². The highest BCUT2D eigenvalue weighted by Crippen LogP contribution is 2.30. The molecule has 0 amide bonds. The quantitative estimate of drug-likeness (QED) is 0.764. The third-order valence-electron chi connectivity index (χ3n) is 3.97. The molecule has 0 spiro atoms. The Bertz CT molecular complexity index is 555. The fourth-order valence-corrected chi connectivity index (χ4v) is 2.87. The van der Waals surface area contributed by atoms with Crippen LogP contribution >= 0.6 is 11.6 Å². The molecule has 1 aromatic carbocycles. The predicted molar refractivity (Wildman–Crippen MR) is 76.2 cm³/mol. The van der Waals surface area contributed by atoms with Crippen LogP contribution in [-0.4, -0.2) is 15.4 Å². The normalized spacial score (nSPS) is 16.1. The van der Waals surface area contributed by atoms with E-state index in [9.17, 15) is 0 Å². The van der Waals surface area contributed by atoms with E-state index >= 15 is 0 Å². The lowest BCUT2D eigenvalue weighted by Gasteiger charge is -2.26. The van der Waals surface area contributed by atoms with E-state index in [0.29, 0.717) is 5.88 Å². The maximum absolute atomic E-state index is 5.90. The number of rotatable bonds is 4. The van der Waals surface area contributed by atoms with Crippen LogP contribution in [0.1, 0.15) is 30.7 Å². The van der Waals surface area contributed by atoms with Crippen LogP contribution in [0.2, 0.25) is 0 Å². The van der Waals surface area contributed by atoms with Crippen molar-refractivity contribution in [3.8, 4) is 0 Å². The van der Waals surface area contributed by atoms with Crippen molar-refractivity contribution in [2.75, 3.05) is 5.88 Å². The Morgan fingerprint density at radius 3 is 2.89 bits per heavy atom. The van der Waals surface area contributed by atoms with Gasteiger partial charge in [0.25, 0.3) is 0 Å². The highest BCUT2D eigenvalue weighted by molar-refractivity contribution is 6.17. The number of nitrogens with zero attached hydrogens (tertiary/aromatic N) is 2. The summed E-state index contributed by atoms with van der Waals surface area (Å²) in [6, 6.07) is 6.55. The maximum atomic E-state index is 5.90. The summed E-state index contributed by atoms with van der Waals surface area (Å²) in [4.78, 5) is 4.75. The van der Waals surface area contributed by atoms with Gasteiger partial charge in [-0.3, -0.25) is 0 Å². The number of imidazole rings is 1. The molecule has 0 saturated heterocycles. The first-order chi connectivity index (χ1) is 8.78. The molecule has 0 radical (unpaired) electrons. The number of aryl methyl sites for hydroxylation is 2. The fourth-order valence-electron chi connectivity index (χ4n) is 2.70. The summed E-state index contributed by atoms with van der Waals surface area (Å²) in [5.74, 6) is 2.64. The van der Waals surface area contributed by atoms with Gasteiger partial charge in [0.15, 0.2) is 0 Å². The van der Waals surface area contributed by atoms with E-state index in [4.69, 9.17) is 16.6 Å². The average molecular weight is 263 g/mol. The van der Waals surface area contributed by atoms with Gasteiger partial charge in [0, 0.05) is 18.8 Å². The largest absolute Gasteiger partial charge is 0.328 e. The molecule has 0 aliphatic heterocycles. The number of hydrogen-bond acceptors (Lipinski definition) is 1. The molecule has 3 heteroatoms. The van der Waals surface area contributed by atoms with Crippen LogP contribution in [0.25, 0.3) is 11.0 Å². The average Bonchev–Trinajstić information content (AvgIpc) is 2.61. The molecule has 96 valence electrons. The number of halogens is 1. The zero-order valence-electron chi connectivity index (χ0n) is 10.8. The molecular weight excluding hydrogens is 244 g/mol. The van der Waals surface area contributed by atoms with Crippen molar-refractivity contribution in [1.29, 1.82) is 0 Å². The van der Waals surface area contributed by atoms with E-state index in [1.165, 1.54) is 30.3 Å². The van der Waals surface area contributed by atoms with Gasteiger partial charge < -0.3 is 4.57 Å². The molecule has 1 saturated carbocycles. The van der Waals surface area contributed by atoms with Crippen LogP contribution in [0.3, 0.4) is 0 Å². The lowest BCUT2D eigenvalue weighted by atomic mass is 9.85. The van der Waals surface area contributed by atoms with Crippen LogP contribution in [-0.2, 0) is 13.0 Å². The van der Waals surface area contributed by atoms with Crippen molar-refractivity contribution in [2.45, 2.75) is 39.2 Å². The first kappa shape index (κ1) is 12.0. The van der Waals surface area contributed by atoms with Gasteiger partial charge in [-0.15, -0.1) is 11.6 Å². The molecule has 2 aromatic rings. The molecule has 0 N–H and O–H groups in total. The minimum atomic E-state index is 0.646. The molecule has 1 aliphatic rings. The van der Waals surface area contributed by atoms with Gasteiger partial charge in [-0.05, 0) is 43.4 Å². The van der Waals surface area contributed by atoms with E-state index in [1.54, 1.807) is 0 Å². The maximum Gasteiger partial charge on any atom is 0.111 e. The van der Waals surface area contributed by atoms with E-state index in [2.05, 4.69) is 29.7 Å². The smallest absolute Gasteiger partial charge is 0.111 e.